The maximum Gasteiger partial charge on any atom is 0.375 e. The molecule has 0 aromatic heterocycles. The Morgan fingerprint density at radius 1 is 1.32 bits per heavy atom. The Morgan fingerprint density at radius 3 is 2.50 bits per heavy atom. The zero-order valence-electron chi connectivity index (χ0n) is 13.0. The van der Waals surface area contributed by atoms with Gasteiger partial charge in [0.2, 0.25) is 0 Å². The van der Waals surface area contributed by atoms with E-state index in [0.29, 0.717) is 18.0 Å². The van der Waals surface area contributed by atoms with Crippen molar-refractivity contribution in [3.05, 3.63) is 30.3 Å². The molecule has 0 aliphatic rings. The van der Waals surface area contributed by atoms with Gasteiger partial charge >= 0.3 is 12.7 Å². The average Bonchev–Trinajstić information content (AvgIpc) is 2.45. The largest absolute Gasteiger partial charge is 0.462 e. The van der Waals surface area contributed by atoms with Gasteiger partial charge in [-0.05, 0) is 44.3 Å². The lowest BCUT2D eigenvalue weighted by molar-refractivity contribution is -0.148. The van der Waals surface area contributed by atoms with Gasteiger partial charge in [-0.15, -0.1) is 0 Å². The van der Waals surface area contributed by atoms with Gasteiger partial charge in [0, 0.05) is 12.3 Å². The van der Waals surface area contributed by atoms with Crippen molar-refractivity contribution in [2.45, 2.75) is 32.9 Å². The number of ether oxygens (including phenoxy) is 1. The highest BCUT2D eigenvalue weighted by atomic mass is 32.7. The molecule has 0 aliphatic heterocycles. The zero-order chi connectivity index (χ0) is 16.6. The third-order valence-electron chi connectivity index (χ3n) is 2.41. The lowest BCUT2D eigenvalue weighted by Crippen LogP contribution is -2.35. The molecular weight excluding hydrogens is 323 g/mol. The van der Waals surface area contributed by atoms with Crippen LogP contribution in [-0.2, 0) is 14.1 Å². The molecule has 0 fully saturated rings. The predicted octanol–water partition coefficient (Wildman–Crippen LogP) is 2.80. The van der Waals surface area contributed by atoms with E-state index in [1.807, 2.05) is 6.07 Å². The van der Waals surface area contributed by atoms with Crippen LogP contribution in [0.4, 0.5) is 0 Å². The molecular formula is C14H23N2O4PS. The van der Waals surface area contributed by atoms with E-state index in [4.69, 9.17) is 15.0 Å². The Balaban J connectivity index is 2.78. The number of nitrogens with two attached hydrogens (primary N) is 1. The van der Waals surface area contributed by atoms with Crippen molar-refractivity contribution in [3.8, 4) is 5.75 Å². The van der Waals surface area contributed by atoms with Gasteiger partial charge in [-0.1, -0.05) is 18.2 Å². The molecule has 2 atom stereocenters. The predicted molar refractivity (Wildman–Crippen MR) is 90.0 cm³/mol. The van der Waals surface area contributed by atoms with Crippen molar-refractivity contribution in [2.24, 2.45) is 5.73 Å². The molecule has 0 saturated heterocycles. The monoisotopic (exact) mass is 346 g/mol. The minimum Gasteiger partial charge on any atom is -0.462 e. The van der Waals surface area contributed by atoms with Gasteiger partial charge in [0.05, 0.1) is 6.10 Å². The summed E-state index contributed by atoms with van der Waals surface area (Å²) < 4.78 is 23.6. The lowest BCUT2D eigenvalue weighted by Gasteiger charge is -2.23. The van der Waals surface area contributed by atoms with E-state index in [1.54, 1.807) is 45.0 Å². The van der Waals surface area contributed by atoms with Crippen molar-refractivity contribution in [1.29, 1.82) is 0 Å². The summed E-state index contributed by atoms with van der Waals surface area (Å²) in [6, 6.07) is 8.05. The van der Waals surface area contributed by atoms with Crippen LogP contribution < -0.4 is 15.3 Å². The molecule has 0 saturated carbocycles. The van der Waals surface area contributed by atoms with Crippen molar-refractivity contribution < 1.29 is 18.6 Å². The van der Waals surface area contributed by atoms with Crippen LogP contribution in [0.1, 0.15) is 20.8 Å². The Hall–Kier alpha value is -1.01. The van der Waals surface area contributed by atoms with E-state index in [1.165, 1.54) is 0 Å². The van der Waals surface area contributed by atoms with Crippen LogP contribution in [0.15, 0.2) is 30.3 Å². The van der Waals surface area contributed by atoms with E-state index in [0.717, 1.165) is 11.4 Å². The van der Waals surface area contributed by atoms with Crippen molar-refractivity contribution in [1.82, 2.24) is 5.09 Å². The van der Waals surface area contributed by atoms with Crippen LogP contribution in [0, 0.1) is 0 Å². The number of carbonyl (C=O) groups is 1. The molecule has 3 N–H and O–H groups in total. The van der Waals surface area contributed by atoms with Crippen LogP contribution in [0.25, 0.3) is 0 Å². The summed E-state index contributed by atoms with van der Waals surface area (Å²) in [7, 11) is 0. The molecule has 0 heterocycles. The summed E-state index contributed by atoms with van der Waals surface area (Å²) in [5, 5.41) is 2.75. The molecule has 0 aliphatic carbocycles. The highest BCUT2D eigenvalue weighted by Gasteiger charge is 2.31. The fourth-order valence-corrected chi connectivity index (χ4v) is 5.16. The minimum absolute atomic E-state index is 0.233. The highest BCUT2D eigenvalue weighted by molar-refractivity contribution is 8.56. The van der Waals surface area contributed by atoms with Gasteiger partial charge < -0.3 is 15.0 Å². The van der Waals surface area contributed by atoms with Crippen LogP contribution in [-0.4, -0.2) is 30.4 Å². The Morgan fingerprint density at radius 2 is 1.95 bits per heavy atom. The SMILES string of the molecule is CC(C)OC(=O)[C@H](C)NP(=O)(Oc1ccccc1)SCCN. The Labute approximate surface area is 135 Å². The first kappa shape index (κ1) is 19.0. The summed E-state index contributed by atoms with van der Waals surface area (Å²) in [6.45, 7) is 2.14. The lowest BCUT2D eigenvalue weighted by atomic mass is 10.3. The fraction of sp³-hybridized carbons (Fsp3) is 0.500. The van der Waals surface area contributed by atoms with E-state index in [9.17, 15) is 9.36 Å². The first-order chi connectivity index (χ1) is 10.4. The number of hydrogen-bond donors (Lipinski definition) is 2. The average molecular weight is 346 g/mol. The second-order valence-corrected chi connectivity index (χ2v) is 9.18. The fourth-order valence-electron chi connectivity index (χ4n) is 1.51. The molecule has 22 heavy (non-hydrogen) atoms. The van der Waals surface area contributed by atoms with Gasteiger partial charge in [0.25, 0.3) is 0 Å². The Bertz CT molecular complexity index is 513. The second-order valence-electron chi connectivity index (χ2n) is 4.86. The van der Waals surface area contributed by atoms with Crippen molar-refractivity contribution in [2.75, 3.05) is 12.3 Å². The molecule has 1 unspecified atom stereocenters. The van der Waals surface area contributed by atoms with Gasteiger partial charge in [-0.25, -0.2) is 9.65 Å². The first-order valence-electron chi connectivity index (χ1n) is 7.04. The maximum atomic E-state index is 12.9. The van der Waals surface area contributed by atoms with E-state index >= 15 is 0 Å². The summed E-state index contributed by atoms with van der Waals surface area (Å²) in [5.74, 6) is 0.441. The normalized spacial score (nSPS) is 15.1. The van der Waals surface area contributed by atoms with Crippen molar-refractivity contribution in [3.63, 3.8) is 0 Å². The smallest absolute Gasteiger partial charge is 0.375 e. The number of rotatable bonds is 9. The topological polar surface area (TPSA) is 90.6 Å². The number of hydrogen-bond acceptors (Lipinski definition) is 6. The van der Waals surface area contributed by atoms with E-state index in [-0.39, 0.29) is 6.10 Å². The number of esters is 1. The third-order valence-corrected chi connectivity index (χ3v) is 6.43. The molecule has 8 heteroatoms. The van der Waals surface area contributed by atoms with Gasteiger partial charge in [0.1, 0.15) is 11.8 Å². The molecule has 0 amide bonds. The van der Waals surface area contributed by atoms with Crippen LogP contribution in [0.5, 0.6) is 5.75 Å². The third kappa shape index (κ3) is 6.83. The molecule has 1 rings (SSSR count). The number of carbonyl (C=O) groups excluding carboxylic acids is 1. The standard InChI is InChI=1S/C14H23N2O4PS/c1-11(2)19-14(17)12(3)16-21(18,22-10-9-15)20-13-7-5-4-6-8-13/h4-8,11-12H,9-10,15H2,1-3H3,(H,16,18)/t12-,21?/m0/s1. The van der Waals surface area contributed by atoms with Gasteiger partial charge in [-0.3, -0.25) is 4.79 Å². The minimum atomic E-state index is -3.33. The second kappa shape index (κ2) is 9.20. The molecule has 1 aromatic rings. The first-order valence-corrected chi connectivity index (χ1v) is 10.3. The Kier molecular flexibility index (Phi) is 7.96. The van der Waals surface area contributed by atoms with E-state index < -0.39 is 18.7 Å². The molecule has 6 nitrogen and oxygen atoms in total. The van der Waals surface area contributed by atoms with Gasteiger partial charge in [-0.2, -0.15) is 0 Å². The number of benzene rings is 1. The molecule has 0 radical (unpaired) electrons. The number of nitrogens with one attached hydrogen (secondary N) is 1. The summed E-state index contributed by atoms with van der Waals surface area (Å²) in [6.07, 6.45) is -0.233. The summed E-state index contributed by atoms with van der Waals surface area (Å²) in [4.78, 5) is 11.9. The van der Waals surface area contributed by atoms with Crippen molar-refractivity contribution >= 4 is 24.1 Å². The highest BCUT2D eigenvalue weighted by Crippen LogP contribution is 2.55. The zero-order valence-corrected chi connectivity index (χ0v) is 14.7. The van der Waals surface area contributed by atoms with Crippen LogP contribution in [0.3, 0.4) is 0 Å². The maximum absolute atomic E-state index is 12.9. The summed E-state index contributed by atoms with van der Waals surface area (Å²) in [5.41, 5.74) is 5.47. The summed E-state index contributed by atoms with van der Waals surface area (Å²) >= 11 is 1.07. The molecule has 1 aromatic carbocycles. The molecule has 0 bridgehead atoms. The molecule has 0 spiro atoms. The van der Waals surface area contributed by atoms with Crippen LogP contribution >= 0.6 is 18.1 Å². The van der Waals surface area contributed by atoms with Crippen LogP contribution in [0.2, 0.25) is 0 Å². The number of para-hydroxylation sites is 1. The van der Waals surface area contributed by atoms with E-state index in [2.05, 4.69) is 5.09 Å². The van der Waals surface area contributed by atoms with Gasteiger partial charge in [0.15, 0.2) is 0 Å². The molecule has 124 valence electrons. The quantitative estimate of drug-likeness (QED) is 0.525.